The average Bonchev–Trinajstić information content (AvgIpc) is 3.12. The lowest BCUT2D eigenvalue weighted by atomic mass is 9.98. The molecule has 126 valence electrons. The minimum atomic E-state index is -2.94. The van der Waals surface area contributed by atoms with Gasteiger partial charge < -0.3 is 10.1 Å². The van der Waals surface area contributed by atoms with E-state index in [4.69, 9.17) is 4.74 Å². The van der Waals surface area contributed by atoms with Gasteiger partial charge in [0.1, 0.15) is 6.10 Å². The molecule has 22 heavy (non-hydrogen) atoms. The van der Waals surface area contributed by atoms with Gasteiger partial charge in [-0.1, -0.05) is 6.92 Å². The van der Waals surface area contributed by atoms with E-state index in [2.05, 4.69) is 17.3 Å². The van der Waals surface area contributed by atoms with Crippen molar-refractivity contribution in [3.05, 3.63) is 18.0 Å². The lowest BCUT2D eigenvalue weighted by Gasteiger charge is -2.22. The van der Waals surface area contributed by atoms with Crippen LogP contribution < -0.4 is 5.32 Å². The molecule has 0 saturated carbocycles. The summed E-state index contributed by atoms with van der Waals surface area (Å²) in [6, 6.07) is 1.97. The summed E-state index contributed by atoms with van der Waals surface area (Å²) in [5.74, 6) is 0.743. The van der Waals surface area contributed by atoms with Crippen molar-refractivity contribution in [3.8, 4) is 0 Å². The average molecular weight is 329 g/mol. The van der Waals surface area contributed by atoms with Gasteiger partial charge in [0.15, 0.2) is 9.84 Å². The lowest BCUT2D eigenvalue weighted by Crippen LogP contribution is -2.37. The van der Waals surface area contributed by atoms with Gasteiger partial charge in [0.25, 0.3) is 0 Å². The van der Waals surface area contributed by atoms with Crippen molar-refractivity contribution < 1.29 is 13.2 Å². The number of nitrogens with zero attached hydrogens (tertiary/aromatic N) is 2. The number of hydrogen-bond donors (Lipinski definition) is 1. The Morgan fingerprint density at radius 3 is 2.95 bits per heavy atom. The van der Waals surface area contributed by atoms with Crippen LogP contribution in [0.15, 0.2) is 12.3 Å². The van der Waals surface area contributed by atoms with E-state index in [0.717, 1.165) is 31.8 Å². The van der Waals surface area contributed by atoms with Crippen LogP contribution in [0, 0.1) is 5.92 Å². The minimum absolute atomic E-state index is 0.0396. The molecule has 0 aromatic carbocycles. The number of rotatable bonds is 8. The molecule has 7 heteroatoms. The molecule has 0 aliphatic carbocycles. The molecule has 3 atom stereocenters. The highest BCUT2D eigenvalue weighted by atomic mass is 32.2. The van der Waals surface area contributed by atoms with Gasteiger partial charge in [-0.2, -0.15) is 5.10 Å². The van der Waals surface area contributed by atoms with E-state index in [1.165, 1.54) is 0 Å². The smallest absolute Gasteiger partial charge is 0.151 e. The predicted octanol–water partition coefficient (Wildman–Crippen LogP) is 1.39. The van der Waals surface area contributed by atoms with Crippen LogP contribution in [-0.4, -0.2) is 48.9 Å². The van der Waals surface area contributed by atoms with E-state index >= 15 is 0 Å². The molecule has 1 aromatic heterocycles. The zero-order valence-electron chi connectivity index (χ0n) is 13.7. The summed E-state index contributed by atoms with van der Waals surface area (Å²) in [7, 11) is -2.94. The van der Waals surface area contributed by atoms with Crippen molar-refractivity contribution in [2.45, 2.75) is 45.9 Å². The molecule has 0 bridgehead atoms. The molecule has 1 aliphatic rings. The summed E-state index contributed by atoms with van der Waals surface area (Å²) in [6.07, 6.45) is 2.84. The van der Waals surface area contributed by atoms with Crippen LogP contribution in [0.25, 0.3) is 0 Å². The van der Waals surface area contributed by atoms with E-state index in [9.17, 15) is 8.42 Å². The maximum absolute atomic E-state index is 11.7. The minimum Gasteiger partial charge on any atom is -0.372 e. The molecule has 1 fully saturated rings. The van der Waals surface area contributed by atoms with Crippen LogP contribution in [0.1, 0.15) is 39.0 Å². The molecule has 1 saturated heterocycles. The molecular formula is C15H27N3O3S. The van der Waals surface area contributed by atoms with Gasteiger partial charge in [0, 0.05) is 43.6 Å². The van der Waals surface area contributed by atoms with Crippen LogP contribution >= 0.6 is 0 Å². The van der Waals surface area contributed by atoms with Crippen molar-refractivity contribution in [1.82, 2.24) is 15.1 Å². The third kappa shape index (κ3) is 4.30. The van der Waals surface area contributed by atoms with Crippen LogP contribution in [0.2, 0.25) is 0 Å². The Balaban J connectivity index is 1.92. The third-order valence-electron chi connectivity index (χ3n) is 4.23. The van der Waals surface area contributed by atoms with E-state index in [1.54, 1.807) is 13.1 Å². The van der Waals surface area contributed by atoms with Crippen LogP contribution in [-0.2, 0) is 21.1 Å². The molecule has 2 rings (SSSR count). The first kappa shape index (κ1) is 17.4. The summed E-state index contributed by atoms with van der Waals surface area (Å²) in [6.45, 7) is 8.01. The van der Waals surface area contributed by atoms with E-state index in [1.807, 2.05) is 17.7 Å². The number of aromatic nitrogens is 2. The normalized spacial score (nSPS) is 23.8. The maximum atomic E-state index is 11.7. The van der Waals surface area contributed by atoms with Crippen molar-refractivity contribution in [3.63, 3.8) is 0 Å². The predicted molar refractivity (Wildman–Crippen MR) is 86.5 cm³/mol. The second kappa shape index (κ2) is 7.57. The Labute approximate surface area is 133 Å². The first-order chi connectivity index (χ1) is 10.5. The highest BCUT2D eigenvalue weighted by Gasteiger charge is 2.32. The van der Waals surface area contributed by atoms with Gasteiger partial charge in [-0.15, -0.1) is 0 Å². The summed E-state index contributed by atoms with van der Waals surface area (Å²) >= 11 is 0. The SMILES string of the molecule is CCn1nccc1[C@@H]1OCC[C@H]1CN[C@H](C)CS(=O)(=O)CC. The van der Waals surface area contributed by atoms with Crippen LogP contribution in [0.3, 0.4) is 0 Å². The number of hydrogen-bond acceptors (Lipinski definition) is 5. The second-order valence-electron chi connectivity index (χ2n) is 5.92. The van der Waals surface area contributed by atoms with Gasteiger partial charge in [-0.25, -0.2) is 8.42 Å². The Hall–Kier alpha value is -0.920. The Morgan fingerprint density at radius 1 is 1.50 bits per heavy atom. The van der Waals surface area contributed by atoms with E-state index in [-0.39, 0.29) is 23.7 Å². The van der Waals surface area contributed by atoms with Gasteiger partial charge in [0.05, 0.1) is 11.4 Å². The van der Waals surface area contributed by atoms with Gasteiger partial charge in [0.2, 0.25) is 0 Å². The highest BCUT2D eigenvalue weighted by Crippen LogP contribution is 2.34. The fraction of sp³-hybridized carbons (Fsp3) is 0.800. The summed E-state index contributed by atoms with van der Waals surface area (Å²) in [5, 5.41) is 7.66. The first-order valence-corrected chi connectivity index (χ1v) is 9.86. The topological polar surface area (TPSA) is 73.2 Å². The Bertz CT molecular complexity index is 570. The molecular weight excluding hydrogens is 302 g/mol. The maximum Gasteiger partial charge on any atom is 0.151 e. The number of ether oxygens (including phenoxy) is 1. The second-order valence-corrected chi connectivity index (χ2v) is 8.32. The molecule has 1 aliphatic heterocycles. The summed E-state index contributed by atoms with van der Waals surface area (Å²) in [5.41, 5.74) is 1.11. The van der Waals surface area contributed by atoms with E-state index in [0.29, 0.717) is 5.92 Å². The Kier molecular flexibility index (Phi) is 6.00. The van der Waals surface area contributed by atoms with Gasteiger partial charge >= 0.3 is 0 Å². The van der Waals surface area contributed by atoms with Crippen molar-refractivity contribution in [2.75, 3.05) is 24.7 Å². The quantitative estimate of drug-likeness (QED) is 0.780. The molecule has 0 unspecified atom stereocenters. The molecule has 0 radical (unpaired) electrons. The molecule has 0 amide bonds. The lowest BCUT2D eigenvalue weighted by molar-refractivity contribution is 0.0826. The fourth-order valence-electron chi connectivity index (χ4n) is 2.93. The van der Waals surface area contributed by atoms with E-state index < -0.39 is 9.84 Å². The molecule has 1 N–H and O–H groups in total. The van der Waals surface area contributed by atoms with Gasteiger partial charge in [-0.05, 0) is 26.3 Å². The summed E-state index contributed by atoms with van der Waals surface area (Å²) in [4.78, 5) is 0. The molecule has 6 nitrogen and oxygen atoms in total. The molecule has 0 spiro atoms. The zero-order valence-corrected chi connectivity index (χ0v) is 14.5. The molecule has 1 aromatic rings. The largest absolute Gasteiger partial charge is 0.372 e. The van der Waals surface area contributed by atoms with Crippen LogP contribution in [0.4, 0.5) is 0 Å². The van der Waals surface area contributed by atoms with Crippen molar-refractivity contribution in [2.24, 2.45) is 5.92 Å². The van der Waals surface area contributed by atoms with Crippen molar-refractivity contribution >= 4 is 9.84 Å². The number of nitrogens with one attached hydrogen (secondary N) is 1. The molecule has 2 heterocycles. The standard InChI is InChI=1S/C15H27N3O3S/c1-4-18-14(6-8-17-18)15-13(7-9-21-15)10-16-12(3)11-22(19,20)5-2/h6,8,12-13,15-16H,4-5,7,9-11H2,1-3H3/t12-,13+,15-/m1/s1. The van der Waals surface area contributed by atoms with Crippen LogP contribution in [0.5, 0.6) is 0 Å². The monoisotopic (exact) mass is 329 g/mol. The third-order valence-corrected chi connectivity index (χ3v) is 6.11. The number of sulfone groups is 1. The summed E-state index contributed by atoms with van der Waals surface area (Å²) < 4.78 is 31.2. The Morgan fingerprint density at radius 2 is 2.27 bits per heavy atom. The van der Waals surface area contributed by atoms with Crippen molar-refractivity contribution in [1.29, 1.82) is 0 Å². The van der Waals surface area contributed by atoms with Gasteiger partial charge in [-0.3, -0.25) is 4.68 Å². The fourth-order valence-corrected chi connectivity index (χ4v) is 4.04. The number of aryl methyl sites for hydroxylation is 1. The first-order valence-electron chi connectivity index (χ1n) is 8.04. The zero-order chi connectivity index (χ0) is 16.2. The highest BCUT2D eigenvalue weighted by molar-refractivity contribution is 7.91.